The summed E-state index contributed by atoms with van der Waals surface area (Å²) in [7, 11) is -3.15. The lowest BCUT2D eigenvalue weighted by Crippen LogP contribution is -2.41. The summed E-state index contributed by atoms with van der Waals surface area (Å²) in [5.41, 5.74) is 0. The van der Waals surface area contributed by atoms with Gasteiger partial charge < -0.3 is 9.84 Å². The maximum atomic E-state index is 11.0. The molecule has 1 aliphatic rings. The number of rotatable bonds is 1. The second kappa shape index (κ2) is 3.08. The topological polar surface area (TPSA) is 63.6 Å². The van der Waals surface area contributed by atoms with Gasteiger partial charge in [0.2, 0.25) is 0 Å². The van der Waals surface area contributed by atoms with Crippen molar-refractivity contribution in [3.63, 3.8) is 0 Å². The van der Waals surface area contributed by atoms with Gasteiger partial charge in [-0.2, -0.15) is 0 Å². The second-order valence-electron chi connectivity index (χ2n) is 2.80. The van der Waals surface area contributed by atoms with E-state index < -0.39 is 21.2 Å². The van der Waals surface area contributed by atoms with Gasteiger partial charge in [0.25, 0.3) is 0 Å². The molecule has 1 saturated heterocycles. The van der Waals surface area contributed by atoms with Gasteiger partial charge in [-0.1, -0.05) is 0 Å². The molecule has 0 saturated carbocycles. The van der Waals surface area contributed by atoms with E-state index >= 15 is 0 Å². The largest absolute Gasteiger partial charge is 0.392 e. The van der Waals surface area contributed by atoms with Gasteiger partial charge in [-0.15, -0.1) is 0 Å². The van der Waals surface area contributed by atoms with E-state index in [2.05, 4.69) is 0 Å². The van der Waals surface area contributed by atoms with Crippen molar-refractivity contribution in [3.05, 3.63) is 0 Å². The average Bonchev–Trinajstić information content (AvgIpc) is 1.86. The van der Waals surface area contributed by atoms with Gasteiger partial charge in [-0.05, 0) is 6.42 Å². The van der Waals surface area contributed by atoms with E-state index in [1.807, 2.05) is 0 Å². The fourth-order valence-corrected chi connectivity index (χ4v) is 2.16. The Morgan fingerprint density at radius 1 is 1.55 bits per heavy atom. The minimum atomic E-state index is -3.15. The number of hydrogen-bond acceptors (Lipinski definition) is 4. The van der Waals surface area contributed by atoms with E-state index in [1.165, 1.54) is 0 Å². The summed E-state index contributed by atoms with van der Waals surface area (Å²) in [6.45, 7) is 0.577. The van der Waals surface area contributed by atoms with Crippen LogP contribution in [0, 0.1) is 0 Å². The van der Waals surface area contributed by atoms with E-state index in [0.717, 1.165) is 6.26 Å². The van der Waals surface area contributed by atoms with Crippen LogP contribution < -0.4 is 0 Å². The molecule has 0 bridgehead atoms. The lowest BCUT2D eigenvalue weighted by molar-refractivity contribution is 0.0177. The molecule has 11 heavy (non-hydrogen) atoms. The third-order valence-electron chi connectivity index (χ3n) is 1.82. The molecule has 5 heteroatoms. The van der Waals surface area contributed by atoms with Crippen molar-refractivity contribution >= 4 is 9.84 Å². The number of hydrogen-bond donors (Lipinski definition) is 1. The molecule has 0 aromatic heterocycles. The van der Waals surface area contributed by atoms with Gasteiger partial charge in [0, 0.05) is 12.9 Å². The van der Waals surface area contributed by atoms with Crippen LogP contribution in [-0.2, 0) is 14.6 Å². The normalized spacial score (nSPS) is 33.6. The first-order valence-electron chi connectivity index (χ1n) is 3.46. The molecule has 0 radical (unpaired) electrons. The highest BCUT2D eigenvalue weighted by atomic mass is 32.2. The highest BCUT2D eigenvalue weighted by Crippen LogP contribution is 2.14. The van der Waals surface area contributed by atoms with Crippen molar-refractivity contribution in [1.29, 1.82) is 0 Å². The fourth-order valence-electron chi connectivity index (χ4n) is 1.11. The summed E-state index contributed by atoms with van der Waals surface area (Å²) in [6.07, 6.45) is 0.784. The summed E-state index contributed by atoms with van der Waals surface area (Å²) >= 11 is 0. The summed E-state index contributed by atoms with van der Waals surface area (Å²) in [6, 6.07) is 0. The van der Waals surface area contributed by atoms with Crippen molar-refractivity contribution in [2.45, 2.75) is 17.8 Å². The molecule has 4 nitrogen and oxygen atoms in total. The van der Waals surface area contributed by atoms with Crippen molar-refractivity contribution in [2.75, 3.05) is 19.5 Å². The number of aliphatic hydroxyl groups is 1. The van der Waals surface area contributed by atoms with Gasteiger partial charge in [0.15, 0.2) is 9.84 Å². The first kappa shape index (κ1) is 8.96. The van der Waals surface area contributed by atoms with Crippen LogP contribution in [-0.4, -0.2) is 44.3 Å². The smallest absolute Gasteiger partial charge is 0.155 e. The number of aliphatic hydroxyl groups excluding tert-OH is 1. The highest BCUT2D eigenvalue weighted by Gasteiger charge is 2.31. The Morgan fingerprint density at radius 3 is 2.55 bits per heavy atom. The zero-order valence-corrected chi connectivity index (χ0v) is 7.17. The van der Waals surface area contributed by atoms with Crippen molar-refractivity contribution in [3.8, 4) is 0 Å². The van der Waals surface area contributed by atoms with Crippen LogP contribution in [0.15, 0.2) is 0 Å². The van der Waals surface area contributed by atoms with Crippen LogP contribution in [0.1, 0.15) is 6.42 Å². The Bertz CT molecular complexity index is 221. The zero-order chi connectivity index (χ0) is 8.48. The molecule has 0 aromatic carbocycles. The predicted octanol–water partition coefficient (Wildman–Crippen LogP) is -0.819. The molecule has 0 aliphatic carbocycles. The minimum Gasteiger partial charge on any atom is -0.392 e. The lowest BCUT2D eigenvalue weighted by atomic mass is 10.1. The molecule has 1 N–H and O–H groups in total. The Balaban J connectivity index is 2.70. The quantitative estimate of drug-likeness (QED) is 0.572. The Hall–Kier alpha value is -0.130. The van der Waals surface area contributed by atoms with Crippen molar-refractivity contribution in [1.82, 2.24) is 0 Å². The summed E-state index contributed by atoms with van der Waals surface area (Å²) in [5.74, 6) is 0. The summed E-state index contributed by atoms with van der Waals surface area (Å²) < 4.78 is 26.9. The highest BCUT2D eigenvalue weighted by molar-refractivity contribution is 7.91. The maximum Gasteiger partial charge on any atom is 0.155 e. The van der Waals surface area contributed by atoms with Gasteiger partial charge >= 0.3 is 0 Å². The van der Waals surface area contributed by atoms with Crippen LogP contribution in [0.4, 0.5) is 0 Å². The summed E-state index contributed by atoms with van der Waals surface area (Å²) in [5, 5.41) is 8.52. The minimum absolute atomic E-state index is 0.125. The van der Waals surface area contributed by atoms with E-state index in [4.69, 9.17) is 4.74 Å². The molecule has 1 fully saturated rings. The van der Waals surface area contributed by atoms with Gasteiger partial charge in [-0.25, -0.2) is 8.42 Å². The van der Waals surface area contributed by atoms with E-state index in [-0.39, 0.29) is 6.61 Å². The van der Waals surface area contributed by atoms with Crippen LogP contribution in [0.5, 0.6) is 0 Å². The Labute approximate surface area is 66.1 Å². The number of ether oxygens (including phenoxy) is 1. The van der Waals surface area contributed by atoms with Gasteiger partial charge in [0.1, 0.15) is 5.25 Å². The van der Waals surface area contributed by atoms with Crippen LogP contribution in [0.25, 0.3) is 0 Å². The number of sulfone groups is 1. The Kier molecular flexibility index (Phi) is 2.51. The fraction of sp³-hybridized carbons (Fsp3) is 1.00. The first-order chi connectivity index (χ1) is 5.02. The van der Waals surface area contributed by atoms with E-state index in [9.17, 15) is 13.5 Å². The maximum absolute atomic E-state index is 11.0. The molecule has 66 valence electrons. The third-order valence-corrected chi connectivity index (χ3v) is 3.37. The molecule has 0 aromatic rings. The molecule has 1 aliphatic heterocycles. The van der Waals surface area contributed by atoms with Crippen molar-refractivity contribution in [2.24, 2.45) is 0 Å². The predicted molar refractivity (Wildman–Crippen MR) is 40.1 cm³/mol. The average molecular weight is 180 g/mol. The van der Waals surface area contributed by atoms with Crippen LogP contribution in [0.2, 0.25) is 0 Å². The zero-order valence-electron chi connectivity index (χ0n) is 6.36. The molecule has 0 amide bonds. The second-order valence-corrected chi connectivity index (χ2v) is 5.06. The van der Waals surface area contributed by atoms with Gasteiger partial charge in [0.05, 0.1) is 12.7 Å². The van der Waals surface area contributed by atoms with Crippen molar-refractivity contribution < 1.29 is 18.3 Å². The first-order valence-corrected chi connectivity index (χ1v) is 5.42. The molecule has 0 spiro atoms. The molecule has 2 unspecified atom stereocenters. The molecule has 2 atom stereocenters. The van der Waals surface area contributed by atoms with Crippen LogP contribution in [0.3, 0.4) is 0 Å². The van der Waals surface area contributed by atoms with E-state index in [1.54, 1.807) is 0 Å². The Morgan fingerprint density at radius 2 is 2.18 bits per heavy atom. The molecular weight excluding hydrogens is 168 g/mol. The third kappa shape index (κ3) is 2.15. The molecular formula is C6H12O4S. The monoisotopic (exact) mass is 180 g/mol. The van der Waals surface area contributed by atoms with Crippen LogP contribution >= 0.6 is 0 Å². The molecule has 1 rings (SSSR count). The van der Waals surface area contributed by atoms with Gasteiger partial charge in [-0.3, -0.25) is 0 Å². The summed E-state index contributed by atoms with van der Waals surface area (Å²) in [4.78, 5) is 0. The molecule has 1 heterocycles. The standard InChI is InChI=1S/C6H12O4S/c1-11(8,9)6-4-10-3-2-5(6)7/h5-7H,2-4H2,1H3. The SMILES string of the molecule is CS(=O)(=O)C1COCCC1O. The lowest BCUT2D eigenvalue weighted by Gasteiger charge is -2.25. The van der Waals surface area contributed by atoms with E-state index in [0.29, 0.717) is 13.0 Å².